The first-order valence-corrected chi connectivity index (χ1v) is 8.07. The SMILES string of the molecule is O=C(NC1CCCCCC1)N1CCC(OCCO)CC1. The van der Waals surface area contributed by atoms with E-state index in [1.807, 2.05) is 4.90 Å². The number of ether oxygens (including phenoxy) is 1. The average molecular weight is 284 g/mol. The Morgan fingerprint density at radius 3 is 2.35 bits per heavy atom. The van der Waals surface area contributed by atoms with Gasteiger partial charge in [-0.15, -0.1) is 0 Å². The fourth-order valence-corrected chi connectivity index (χ4v) is 3.13. The number of urea groups is 1. The number of nitrogens with zero attached hydrogens (tertiary/aromatic N) is 1. The van der Waals surface area contributed by atoms with Crippen LogP contribution in [0.5, 0.6) is 0 Å². The zero-order valence-corrected chi connectivity index (χ0v) is 12.4. The second kappa shape index (κ2) is 8.47. The lowest BCUT2D eigenvalue weighted by molar-refractivity contribution is -0.00184. The summed E-state index contributed by atoms with van der Waals surface area (Å²) < 4.78 is 5.52. The van der Waals surface area contributed by atoms with Crippen LogP contribution in [0.3, 0.4) is 0 Å². The number of piperidine rings is 1. The van der Waals surface area contributed by atoms with Gasteiger partial charge in [0.2, 0.25) is 0 Å². The fraction of sp³-hybridized carbons (Fsp3) is 0.933. The monoisotopic (exact) mass is 284 g/mol. The van der Waals surface area contributed by atoms with E-state index < -0.39 is 0 Å². The number of carbonyl (C=O) groups is 1. The van der Waals surface area contributed by atoms with Crippen LogP contribution in [0.25, 0.3) is 0 Å². The molecule has 1 heterocycles. The maximum absolute atomic E-state index is 12.2. The first-order chi connectivity index (χ1) is 9.79. The van der Waals surface area contributed by atoms with E-state index in [1.54, 1.807) is 0 Å². The predicted molar refractivity (Wildman–Crippen MR) is 77.7 cm³/mol. The van der Waals surface area contributed by atoms with E-state index in [-0.39, 0.29) is 18.7 Å². The quantitative estimate of drug-likeness (QED) is 0.775. The fourth-order valence-electron chi connectivity index (χ4n) is 3.13. The third kappa shape index (κ3) is 4.94. The molecule has 2 rings (SSSR count). The van der Waals surface area contributed by atoms with Gasteiger partial charge in [-0.3, -0.25) is 0 Å². The minimum absolute atomic E-state index is 0.0718. The molecule has 2 aliphatic rings. The molecule has 0 bridgehead atoms. The second-order valence-electron chi connectivity index (χ2n) is 5.92. The molecule has 0 aromatic heterocycles. The molecule has 1 saturated heterocycles. The van der Waals surface area contributed by atoms with E-state index >= 15 is 0 Å². The van der Waals surface area contributed by atoms with Crippen LogP contribution in [-0.2, 0) is 4.74 Å². The summed E-state index contributed by atoms with van der Waals surface area (Å²) in [4.78, 5) is 14.1. The Bertz CT molecular complexity index is 283. The van der Waals surface area contributed by atoms with E-state index in [0.29, 0.717) is 12.6 Å². The van der Waals surface area contributed by atoms with Crippen molar-refractivity contribution in [2.75, 3.05) is 26.3 Å². The largest absolute Gasteiger partial charge is 0.394 e. The van der Waals surface area contributed by atoms with E-state index in [1.165, 1.54) is 25.7 Å². The maximum Gasteiger partial charge on any atom is 0.317 e. The molecule has 2 amide bonds. The standard InChI is InChI=1S/C15H28N2O3/c18-11-12-20-14-7-9-17(10-8-14)15(19)16-13-5-3-1-2-4-6-13/h13-14,18H,1-12H2,(H,16,19). The van der Waals surface area contributed by atoms with Crippen LogP contribution in [-0.4, -0.2) is 54.5 Å². The van der Waals surface area contributed by atoms with Crippen molar-refractivity contribution in [1.82, 2.24) is 10.2 Å². The summed E-state index contributed by atoms with van der Waals surface area (Å²) in [6.07, 6.45) is 9.29. The van der Waals surface area contributed by atoms with Gasteiger partial charge in [0, 0.05) is 19.1 Å². The third-order valence-electron chi connectivity index (χ3n) is 4.36. The Morgan fingerprint density at radius 1 is 1.10 bits per heavy atom. The molecule has 0 aromatic carbocycles. The highest BCUT2D eigenvalue weighted by molar-refractivity contribution is 5.74. The normalized spacial score (nSPS) is 22.6. The van der Waals surface area contributed by atoms with Crippen LogP contribution in [0.1, 0.15) is 51.4 Å². The van der Waals surface area contributed by atoms with Gasteiger partial charge in [-0.25, -0.2) is 4.79 Å². The van der Waals surface area contributed by atoms with E-state index in [9.17, 15) is 4.79 Å². The van der Waals surface area contributed by atoms with E-state index in [4.69, 9.17) is 9.84 Å². The topological polar surface area (TPSA) is 61.8 Å². The highest BCUT2D eigenvalue weighted by Gasteiger charge is 2.24. The van der Waals surface area contributed by atoms with Crippen molar-refractivity contribution in [2.24, 2.45) is 0 Å². The molecule has 5 nitrogen and oxygen atoms in total. The summed E-state index contributed by atoms with van der Waals surface area (Å²) in [7, 11) is 0. The Balaban J connectivity index is 1.68. The van der Waals surface area contributed by atoms with Gasteiger partial charge in [0.1, 0.15) is 0 Å². The third-order valence-corrected chi connectivity index (χ3v) is 4.36. The lowest BCUT2D eigenvalue weighted by Gasteiger charge is -2.33. The van der Waals surface area contributed by atoms with Crippen LogP contribution in [0.2, 0.25) is 0 Å². The van der Waals surface area contributed by atoms with Gasteiger partial charge in [-0.1, -0.05) is 25.7 Å². The first kappa shape index (κ1) is 15.6. The number of amides is 2. The van der Waals surface area contributed by atoms with Gasteiger partial charge in [-0.05, 0) is 25.7 Å². The number of aliphatic hydroxyl groups is 1. The molecule has 1 saturated carbocycles. The van der Waals surface area contributed by atoms with Crippen LogP contribution >= 0.6 is 0 Å². The molecule has 5 heteroatoms. The smallest absolute Gasteiger partial charge is 0.317 e. The summed E-state index contributed by atoms with van der Waals surface area (Å²) in [5.74, 6) is 0. The molecule has 0 radical (unpaired) electrons. The first-order valence-electron chi connectivity index (χ1n) is 8.07. The highest BCUT2D eigenvalue weighted by atomic mass is 16.5. The average Bonchev–Trinajstić information content (AvgIpc) is 2.74. The van der Waals surface area contributed by atoms with Crippen LogP contribution in [0.15, 0.2) is 0 Å². The van der Waals surface area contributed by atoms with Gasteiger partial charge >= 0.3 is 6.03 Å². The van der Waals surface area contributed by atoms with Gasteiger partial charge < -0.3 is 20.1 Å². The highest BCUT2D eigenvalue weighted by Crippen LogP contribution is 2.18. The van der Waals surface area contributed by atoms with Crippen molar-refractivity contribution >= 4 is 6.03 Å². The number of likely N-dealkylation sites (tertiary alicyclic amines) is 1. The van der Waals surface area contributed by atoms with Crippen LogP contribution in [0, 0.1) is 0 Å². The van der Waals surface area contributed by atoms with Gasteiger partial charge in [0.25, 0.3) is 0 Å². The summed E-state index contributed by atoms with van der Waals surface area (Å²) in [5.41, 5.74) is 0. The molecule has 116 valence electrons. The number of carbonyl (C=O) groups excluding carboxylic acids is 1. The molecular weight excluding hydrogens is 256 g/mol. The Kier molecular flexibility index (Phi) is 6.60. The Hall–Kier alpha value is -0.810. The zero-order chi connectivity index (χ0) is 14.2. The molecule has 2 N–H and O–H groups in total. The maximum atomic E-state index is 12.2. The van der Waals surface area contributed by atoms with Gasteiger partial charge in [0.05, 0.1) is 19.3 Å². The number of hydrogen-bond donors (Lipinski definition) is 2. The van der Waals surface area contributed by atoms with Crippen molar-refractivity contribution in [2.45, 2.75) is 63.5 Å². The molecule has 1 aliphatic heterocycles. The van der Waals surface area contributed by atoms with Crippen molar-refractivity contribution in [1.29, 1.82) is 0 Å². The Labute approximate surface area is 121 Å². The van der Waals surface area contributed by atoms with E-state index in [2.05, 4.69) is 5.32 Å². The van der Waals surface area contributed by atoms with Gasteiger partial charge in [-0.2, -0.15) is 0 Å². The number of nitrogens with one attached hydrogen (secondary N) is 1. The Morgan fingerprint density at radius 2 is 1.75 bits per heavy atom. The lowest BCUT2D eigenvalue weighted by Crippen LogP contribution is -2.48. The number of rotatable bonds is 4. The van der Waals surface area contributed by atoms with Crippen LogP contribution < -0.4 is 5.32 Å². The number of hydrogen-bond acceptors (Lipinski definition) is 3. The summed E-state index contributed by atoms with van der Waals surface area (Å²) in [6.45, 7) is 1.99. The summed E-state index contributed by atoms with van der Waals surface area (Å²) in [6, 6.07) is 0.464. The second-order valence-corrected chi connectivity index (χ2v) is 5.92. The van der Waals surface area contributed by atoms with Crippen molar-refractivity contribution in [3.63, 3.8) is 0 Å². The molecular formula is C15H28N2O3. The molecule has 2 fully saturated rings. The van der Waals surface area contributed by atoms with Crippen LogP contribution in [0.4, 0.5) is 4.79 Å². The molecule has 20 heavy (non-hydrogen) atoms. The summed E-state index contributed by atoms with van der Waals surface area (Å²) in [5, 5.41) is 11.9. The molecule has 0 spiro atoms. The number of aliphatic hydroxyl groups excluding tert-OH is 1. The molecule has 0 aromatic rings. The molecule has 0 atom stereocenters. The lowest BCUT2D eigenvalue weighted by atomic mass is 10.1. The summed E-state index contributed by atoms with van der Waals surface area (Å²) >= 11 is 0. The van der Waals surface area contributed by atoms with Gasteiger partial charge in [0.15, 0.2) is 0 Å². The van der Waals surface area contributed by atoms with Crippen molar-refractivity contribution in [3.05, 3.63) is 0 Å². The minimum atomic E-state index is 0.0718. The van der Waals surface area contributed by atoms with Crippen molar-refractivity contribution < 1.29 is 14.6 Å². The molecule has 0 unspecified atom stereocenters. The zero-order valence-electron chi connectivity index (χ0n) is 12.4. The minimum Gasteiger partial charge on any atom is -0.394 e. The molecule has 1 aliphatic carbocycles. The predicted octanol–water partition coefficient (Wildman–Crippen LogP) is 1.89. The van der Waals surface area contributed by atoms with E-state index in [0.717, 1.165) is 38.8 Å². The van der Waals surface area contributed by atoms with Crippen molar-refractivity contribution in [3.8, 4) is 0 Å².